The number of anilines is 1. The Hall–Kier alpha value is -2.61. The van der Waals surface area contributed by atoms with Gasteiger partial charge in [-0.25, -0.2) is 8.42 Å². The quantitative estimate of drug-likeness (QED) is 0.668. The number of sulfonamides is 1. The smallest absolute Gasteiger partial charge is 0.273 e. The second-order valence-corrected chi connectivity index (χ2v) is 6.70. The number of ether oxygens (including phenoxy) is 1. The standard InChI is InChI=1S/C15H16N2O5S/c1-10-4-6-13(7-5-10)23(20,21)16-15-11(2)8-12(17(18)19)9-14(15)22-3/h4-9,16H,1-3H3. The molecule has 2 rings (SSSR count). The van der Waals surface area contributed by atoms with Crippen molar-refractivity contribution in [2.45, 2.75) is 18.7 Å². The van der Waals surface area contributed by atoms with Gasteiger partial charge in [-0.1, -0.05) is 17.7 Å². The van der Waals surface area contributed by atoms with E-state index in [1.54, 1.807) is 19.1 Å². The van der Waals surface area contributed by atoms with E-state index in [2.05, 4.69) is 4.72 Å². The van der Waals surface area contributed by atoms with Crippen LogP contribution < -0.4 is 9.46 Å². The average molecular weight is 336 g/mol. The molecule has 7 nitrogen and oxygen atoms in total. The normalized spacial score (nSPS) is 11.1. The highest BCUT2D eigenvalue weighted by atomic mass is 32.2. The number of non-ortho nitro benzene ring substituents is 1. The van der Waals surface area contributed by atoms with E-state index in [1.165, 1.54) is 31.4 Å². The van der Waals surface area contributed by atoms with Gasteiger partial charge in [0.05, 0.1) is 28.7 Å². The van der Waals surface area contributed by atoms with Crippen LogP contribution in [0.25, 0.3) is 0 Å². The lowest BCUT2D eigenvalue weighted by molar-refractivity contribution is -0.385. The van der Waals surface area contributed by atoms with E-state index in [0.29, 0.717) is 5.56 Å². The van der Waals surface area contributed by atoms with Crippen LogP contribution >= 0.6 is 0 Å². The zero-order valence-corrected chi connectivity index (χ0v) is 13.7. The van der Waals surface area contributed by atoms with Crippen LogP contribution in [0.15, 0.2) is 41.3 Å². The van der Waals surface area contributed by atoms with Crippen molar-refractivity contribution in [1.29, 1.82) is 0 Å². The Labute approximate surface area is 134 Å². The highest BCUT2D eigenvalue weighted by Gasteiger charge is 2.21. The van der Waals surface area contributed by atoms with E-state index in [0.717, 1.165) is 5.56 Å². The Morgan fingerprint density at radius 1 is 1.13 bits per heavy atom. The summed E-state index contributed by atoms with van der Waals surface area (Å²) in [5, 5.41) is 10.9. The molecule has 0 bridgehead atoms. The van der Waals surface area contributed by atoms with Crippen LogP contribution in [-0.2, 0) is 10.0 Å². The van der Waals surface area contributed by atoms with Crippen molar-refractivity contribution in [3.8, 4) is 5.75 Å². The summed E-state index contributed by atoms with van der Waals surface area (Å²) in [6.45, 7) is 3.43. The maximum Gasteiger partial charge on any atom is 0.273 e. The van der Waals surface area contributed by atoms with Gasteiger partial charge in [-0.05, 0) is 31.5 Å². The van der Waals surface area contributed by atoms with Crippen molar-refractivity contribution in [2.75, 3.05) is 11.8 Å². The zero-order valence-electron chi connectivity index (χ0n) is 12.9. The summed E-state index contributed by atoms with van der Waals surface area (Å²) < 4.78 is 32.4. The van der Waals surface area contributed by atoms with Crippen LogP contribution in [0.1, 0.15) is 11.1 Å². The Bertz CT molecular complexity index is 845. The summed E-state index contributed by atoms with van der Waals surface area (Å²) in [7, 11) is -2.50. The minimum absolute atomic E-state index is 0.0902. The Morgan fingerprint density at radius 2 is 1.74 bits per heavy atom. The molecule has 0 saturated carbocycles. The number of rotatable bonds is 5. The number of aryl methyl sites for hydroxylation is 2. The number of nitro benzene ring substituents is 1. The van der Waals surface area contributed by atoms with Crippen LogP contribution in [-0.4, -0.2) is 20.5 Å². The van der Waals surface area contributed by atoms with Gasteiger partial charge in [0, 0.05) is 6.07 Å². The predicted octanol–water partition coefficient (Wildman–Crippen LogP) is 3.02. The largest absolute Gasteiger partial charge is 0.494 e. The van der Waals surface area contributed by atoms with Crippen LogP contribution in [0.4, 0.5) is 11.4 Å². The minimum Gasteiger partial charge on any atom is -0.494 e. The van der Waals surface area contributed by atoms with Gasteiger partial charge in [-0.15, -0.1) is 0 Å². The fourth-order valence-corrected chi connectivity index (χ4v) is 3.19. The Morgan fingerprint density at radius 3 is 2.26 bits per heavy atom. The van der Waals surface area contributed by atoms with E-state index in [-0.39, 0.29) is 22.0 Å². The number of methoxy groups -OCH3 is 1. The molecule has 2 aromatic rings. The topological polar surface area (TPSA) is 98.5 Å². The lowest BCUT2D eigenvalue weighted by Crippen LogP contribution is -2.14. The van der Waals surface area contributed by atoms with Gasteiger partial charge >= 0.3 is 0 Å². The number of nitrogens with one attached hydrogen (secondary N) is 1. The molecule has 0 spiro atoms. The van der Waals surface area contributed by atoms with Gasteiger partial charge in [0.25, 0.3) is 15.7 Å². The molecule has 0 aromatic heterocycles. The van der Waals surface area contributed by atoms with Gasteiger partial charge < -0.3 is 4.74 Å². The summed E-state index contributed by atoms with van der Waals surface area (Å²) in [6, 6.07) is 8.83. The van der Waals surface area contributed by atoms with Crippen molar-refractivity contribution in [3.05, 3.63) is 57.6 Å². The zero-order chi connectivity index (χ0) is 17.2. The molecule has 0 radical (unpaired) electrons. The molecular weight excluding hydrogens is 320 g/mol. The van der Waals surface area contributed by atoms with Gasteiger partial charge in [0.1, 0.15) is 5.75 Å². The van der Waals surface area contributed by atoms with Crippen molar-refractivity contribution < 1.29 is 18.1 Å². The van der Waals surface area contributed by atoms with Crippen molar-refractivity contribution in [1.82, 2.24) is 0 Å². The molecule has 122 valence electrons. The summed E-state index contributed by atoms with van der Waals surface area (Å²) in [5.74, 6) is 0.0902. The first kappa shape index (κ1) is 16.8. The summed E-state index contributed by atoms with van der Waals surface area (Å²) in [6.07, 6.45) is 0. The molecule has 0 aliphatic heterocycles. The maximum absolute atomic E-state index is 12.5. The monoisotopic (exact) mass is 336 g/mol. The molecule has 8 heteroatoms. The second kappa shape index (κ2) is 6.25. The molecule has 0 fully saturated rings. The first-order valence-corrected chi connectivity index (χ1v) is 8.15. The summed E-state index contributed by atoms with van der Waals surface area (Å²) in [5.41, 5.74) is 1.34. The van der Waals surface area contributed by atoms with Crippen molar-refractivity contribution in [2.24, 2.45) is 0 Å². The summed E-state index contributed by atoms with van der Waals surface area (Å²) >= 11 is 0. The highest BCUT2D eigenvalue weighted by molar-refractivity contribution is 7.92. The van der Waals surface area contributed by atoms with E-state index in [1.807, 2.05) is 6.92 Å². The first-order valence-electron chi connectivity index (χ1n) is 6.67. The van der Waals surface area contributed by atoms with Gasteiger partial charge in [-0.2, -0.15) is 0 Å². The average Bonchev–Trinajstić information content (AvgIpc) is 2.49. The van der Waals surface area contributed by atoms with E-state index < -0.39 is 14.9 Å². The van der Waals surface area contributed by atoms with Crippen LogP contribution in [0.2, 0.25) is 0 Å². The molecule has 23 heavy (non-hydrogen) atoms. The van der Waals surface area contributed by atoms with E-state index >= 15 is 0 Å². The van der Waals surface area contributed by atoms with Crippen LogP contribution in [0.3, 0.4) is 0 Å². The SMILES string of the molecule is COc1cc([N+](=O)[O-])cc(C)c1NS(=O)(=O)c1ccc(C)cc1. The fourth-order valence-electron chi connectivity index (χ4n) is 2.04. The number of hydrogen-bond donors (Lipinski definition) is 1. The number of nitro groups is 1. The number of benzene rings is 2. The molecule has 0 aliphatic rings. The van der Waals surface area contributed by atoms with Crippen molar-refractivity contribution in [3.63, 3.8) is 0 Å². The third kappa shape index (κ3) is 3.59. The Kier molecular flexibility index (Phi) is 4.55. The minimum atomic E-state index is -3.82. The molecular formula is C15H16N2O5S. The third-order valence-electron chi connectivity index (χ3n) is 3.28. The maximum atomic E-state index is 12.5. The van der Waals surface area contributed by atoms with Gasteiger partial charge in [-0.3, -0.25) is 14.8 Å². The fraction of sp³-hybridized carbons (Fsp3) is 0.200. The number of hydrogen-bond acceptors (Lipinski definition) is 5. The predicted molar refractivity (Wildman–Crippen MR) is 86.4 cm³/mol. The first-order chi connectivity index (χ1) is 10.7. The third-order valence-corrected chi connectivity index (χ3v) is 4.65. The second-order valence-electron chi connectivity index (χ2n) is 5.02. The highest BCUT2D eigenvalue weighted by Crippen LogP contribution is 2.34. The lowest BCUT2D eigenvalue weighted by Gasteiger charge is -2.14. The van der Waals surface area contributed by atoms with E-state index in [9.17, 15) is 18.5 Å². The van der Waals surface area contributed by atoms with Gasteiger partial charge in [0.2, 0.25) is 0 Å². The van der Waals surface area contributed by atoms with Crippen LogP contribution in [0.5, 0.6) is 5.75 Å². The molecule has 0 heterocycles. The molecule has 1 N–H and O–H groups in total. The number of nitrogens with zero attached hydrogens (tertiary/aromatic N) is 1. The summed E-state index contributed by atoms with van der Waals surface area (Å²) in [4.78, 5) is 10.4. The van der Waals surface area contributed by atoms with E-state index in [4.69, 9.17) is 4.74 Å². The van der Waals surface area contributed by atoms with Crippen molar-refractivity contribution >= 4 is 21.4 Å². The van der Waals surface area contributed by atoms with Gasteiger partial charge in [0.15, 0.2) is 0 Å². The Balaban J connectivity index is 2.46. The molecule has 0 atom stereocenters. The molecule has 0 amide bonds. The lowest BCUT2D eigenvalue weighted by atomic mass is 10.1. The molecule has 0 aliphatic carbocycles. The molecule has 0 unspecified atom stereocenters. The van der Waals surface area contributed by atoms with Crippen LogP contribution in [0, 0.1) is 24.0 Å². The molecule has 0 saturated heterocycles. The molecule has 2 aromatic carbocycles.